The monoisotopic (exact) mass is 401 g/mol. The number of benzene rings is 1. The number of carbonyl (C=O) groups excluding carboxylic acids is 2. The molecule has 0 aliphatic heterocycles. The number of unbranched alkanes of at least 4 members (excludes halogenated alkanes) is 1. The maximum Gasteiger partial charge on any atom is 0.341 e. The fourth-order valence-corrected chi connectivity index (χ4v) is 4.79. The first kappa shape index (κ1) is 20.4. The minimum atomic E-state index is -0.390. The van der Waals surface area contributed by atoms with Crippen molar-refractivity contribution in [2.45, 2.75) is 46.0 Å². The standard InChI is InChI=1S/C22H27NO4S/c1-4-5-11-27-16-8-6-7-15(13-16)20(24)23-21-19(22(25)26-3)17-10-9-14(2)12-18(17)28-21/h6-8,13-14H,4-5,9-12H2,1-3H3,(H,23,24). The normalized spacial score (nSPS) is 15.6. The average molecular weight is 402 g/mol. The summed E-state index contributed by atoms with van der Waals surface area (Å²) in [7, 11) is 1.38. The Hall–Kier alpha value is -2.34. The van der Waals surface area contributed by atoms with Gasteiger partial charge in [-0.25, -0.2) is 4.79 Å². The first-order valence-corrected chi connectivity index (χ1v) is 10.6. The van der Waals surface area contributed by atoms with Crippen LogP contribution in [0.4, 0.5) is 5.00 Å². The van der Waals surface area contributed by atoms with E-state index in [4.69, 9.17) is 9.47 Å². The molecule has 1 N–H and O–H groups in total. The van der Waals surface area contributed by atoms with Crippen LogP contribution in [0.5, 0.6) is 5.75 Å². The van der Waals surface area contributed by atoms with Gasteiger partial charge in [-0.15, -0.1) is 11.3 Å². The Kier molecular flexibility index (Phi) is 6.73. The van der Waals surface area contributed by atoms with Crippen LogP contribution in [0.2, 0.25) is 0 Å². The lowest BCUT2D eigenvalue weighted by Crippen LogP contribution is -2.16. The molecule has 0 bridgehead atoms. The van der Waals surface area contributed by atoms with Gasteiger partial charge in [-0.2, -0.15) is 0 Å². The number of methoxy groups -OCH3 is 1. The number of hydrogen-bond acceptors (Lipinski definition) is 5. The number of carbonyl (C=O) groups is 2. The summed E-state index contributed by atoms with van der Waals surface area (Å²) in [5.74, 6) is 0.613. The fourth-order valence-electron chi connectivity index (χ4n) is 3.39. The zero-order valence-corrected chi connectivity index (χ0v) is 17.5. The molecule has 1 unspecified atom stereocenters. The van der Waals surface area contributed by atoms with Gasteiger partial charge in [0.1, 0.15) is 10.8 Å². The number of anilines is 1. The smallest absolute Gasteiger partial charge is 0.341 e. The molecule has 28 heavy (non-hydrogen) atoms. The summed E-state index contributed by atoms with van der Waals surface area (Å²) < 4.78 is 10.7. The molecule has 150 valence electrons. The van der Waals surface area contributed by atoms with Crippen molar-refractivity contribution in [1.82, 2.24) is 0 Å². The quantitative estimate of drug-likeness (QED) is 0.518. The first-order valence-electron chi connectivity index (χ1n) is 9.80. The van der Waals surface area contributed by atoms with E-state index in [1.807, 2.05) is 6.07 Å². The van der Waals surface area contributed by atoms with Crippen molar-refractivity contribution in [2.24, 2.45) is 5.92 Å². The molecule has 1 aromatic heterocycles. The van der Waals surface area contributed by atoms with Crippen LogP contribution in [0, 0.1) is 5.92 Å². The number of nitrogens with one attached hydrogen (secondary N) is 1. The number of thiophene rings is 1. The van der Waals surface area contributed by atoms with E-state index in [0.717, 1.165) is 37.7 Å². The first-order chi connectivity index (χ1) is 13.5. The predicted octanol–water partition coefficient (Wildman–Crippen LogP) is 5.09. The molecular weight excluding hydrogens is 374 g/mol. The van der Waals surface area contributed by atoms with Gasteiger partial charge in [0.25, 0.3) is 5.91 Å². The highest BCUT2D eigenvalue weighted by Gasteiger charge is 2.29. The lowest BCUT2D eigenvalue weighted by molar-refractivity contribution is 0.0601. The highest BCUT2D eigenvalue weighted by molar-refractivity contribution is 7.17. The molecule has 1 atom stereocenters. The summed E-state index contributed by atoms with van der Waals surface area (Å²) in [4.78, 5) is 26.4. The largest absolute Gasteiger partial charge is 0.494 e. The molecule has 6 heteroatoms. The van der Waals surface area contributed by atoms with Gasteiger partial charge in [0.2, 0.25) is 0 Å². The van der Waals surface area contributed by atoms with Crippen LogP contribution in [0.3, 0.4) is 0 Å². The summed E-state index contributed by atoms with van der Waals surface area (Å²) in [5, 5.41) is 3.51. The van der Waals surface area contributed by atoms with Gasteiger partial charge in [0.15, 0.2) is 0 Å². The zero-order chi connectivity index (χ0) is 20.1. The van der Waals surface area contributed by atoms with E-state index >= 15 is 0 Å². The van der Waals surface area contributed by atoms with E-state index in [1.54, 1.807) is 18.2 Å². The van der Waals surface area contributed by atoms with Crippen LogP contribution in [-0.2, 0) is 17.6 Å². The highest BCUT2D eigenvalue weighted by Crippen LogP contribution is 2.40. The Bertz CT molecular complexity index is 858. The molecule has 1 aliphatic rings. The Balaban J connectivity index is 1.82. The molecule has 0 spiro atoms. The summed E-state index contributed by atoms with van der Waals surface area (Å²) >= 11 is 1.49. The molecule has 0 saturated heterocycles. The van der Waals surface area contributed by atoms with Gasteiger partial charge in [-0.05, 0) is 55.4 Å². The van der Waals surface area contributed by atoms with Crippen LogP contribution in [0.25, 0.3) is 0 Å². The Morgan fingerprint density at radius 2 is 2.14 bits per heavy atom. The number of fused-ring (bicyclic) bond motifs is 1. The SMILES string of the molecule is CCCCOc1cccc(C(=O)Nc2sc3c(c2C(=O)OC)CCC(C)C3)c1. The second-order valence-corrected chi connectivity index (χ2v) is 8.34. The molecule has 0 saturated carbocycles. The van der Waals surface area contributed by atoms with E-state index in [1.165, 1.54) is 23.3 Å². The van der Waals surface area contributed by atoms with Crippen molar-refractivity contribution in [3.05, 3.63) is 45.8 Å². The van der Waals surface area contributed by atoms with Crippen LogP contribution < -0.4 is 10.1 Å². The topological polar surface area (TPSA) is 64.6 Å². The van der Waals surface area contributed by atoms with Gasteiger partial charge in [-0.1, -0.05) is 26.3 Å². The second kappa shape index (κ2) is 9.24. The molecule has 2 aromatic rings. The highest BCUT2D eigenvalue weighted by atomic mass is 32.1. The zero-order valence-electron chi connectivity index (χ0n) is 16.7. The molecular formula is C22H27NO4S. The van der Waals surface area contributed by atoms with Crippen LogP contribution in [0.15, 0.2) is 24.3 Å². The van der Waals surface area contributed by atoms with Gasteiger partial charge >= 0.3 is 5.97 Å². The summed E-state index contributed by atoms with van der Waals surface area (Å²) in [5.41, 5.74) is 2.05. The van der Waals surface area contributed by atoms with Gasteiger partial charge in [0.05, 0.1) is 19.3 Å². The van der Waals surface area contributed by atoms with Crippen molar-refractivity contribution < 1.29 is 19.1 Å². The number of ether oxygens (including phenoxy) is 2. The van der Waals surface area contributed by atoms with Crippen molar-refractivity contribution >= 4 is 28.2 Å². The van der Waals surface area contributed by atoms with E-state index in [-0.39, 0.29) is 11.9 Å². The molecule has 3 rings (SSSR count). The van der Waals surface area contributed by atoms with E-state index in [2.05, 4.69) is 19.2 Å². The maximum absolute atomic E-state index is 12.8. The van der Waals surface area contributed by atoms with Crippen molar-refractivity contribution in [3.63, 3.8) is 0 Å². The van der Waals surface area contributed by atoms with E-state index in [9.17, 15) is 9.59 Å². The van der Waals surface area contributed by atoms with E-state index in [0.29, 0.717) is 34.4 Å². The predicted molar refractivity (Wildman–Crippen MR) is 112 cm³/mol. The fraction of sp³-hybridized carbons (Fsp3) is 0.455. The minimum Gasteiger partial charge on any atom is -0.494 e. The van der Waals surface area contributed by atoms with Crippen molar-refractivity contribution in [2.75, 3.05) is 19.0 Å². The number of rotatable bonds is 7. The molecule has 5 nitrogen and oxygen atoms in total. The molecule has 1 aromatic carbocycles. The lowest BCUT2D eigenvalue weighted by atomic mass is 9.88. The molecule has 1 aliphatic carbocycles. The van der Waals surface area contributed by atoms with Crippen LogP contribution >= 0.6 is 11.3 Å². The molecule has 1 heterocycles. The summed E-state index contributed by atoms with van der Waals surface area (Å²) in [6, 6.07) is 7.13. The van der Waals surface area contributed by atoms with Gasteiger partial charge in [0, 0.05) is 10.4 Å². The van der Waals surface area contributed by atoms with E-state index < -0.39 is 0 Å². The van der Waals surface area contributed by atoms with Gasteiger partial charge < -0.3 is 14.8 Å². The Labute approximate surface area is 170 Å². The lowest BCUT2D eigenvalue weighted by Gasteiger charge is -2.18. The van der Waals surface area contributed by atoms with Crippen molar-refractivity contribution in [1.29, 1.82) is 0 Å². The average Bonchev–Trinajstić information content (AvgIpc) is 3.04. The third kappa shape index (κ3) is 4.55. The van der Waals surface area contributed by atoms with Crippen LogP contribution in [0.1, 0.15) is 64.3 Å². The van der Waals surface area contributed by atoms with Gasteiger partial charge in [-0.3, -0.25) is 4.79 Å². The molecule has 1 amide bonds. The maximum atomic E-state index is 12.8. The van der Waals surface area contributed by atoms with Crippen LogP contribution in [-0.4, -0.2) is 25.6 Å². The number of amides is 1. The number of esters is 1. The third-order valence-electron chi connectivity index (χ3n) is 4.99. The minimum absolute atomic E-state index is 0.252. The molecule has 0 fully saturated rings. The summed E-state index contributed by atoms with van der Waals surface area (Å²) in [6.45, 7) is 4.94. The third-order valence-corrected chi connectivity index (χ3v) is 6.16. The number of hydrogen-bond donors (Lipinski definition) is 1. The molecule has 0 radical (unpaired) electrons. The Morgan fingerprint density at radius 1 is 1.32 bits per heavy atom. The second-order valence-electron chi connectivity index (χ2n) is 7.23. The Morgan fingerprint density at radius 3 is 2.89 bits per heavy atom. The summed E-state index contributed by atoms with van der Waals surface area (Å²) in [6.07, 6.45) is 4.84. The van der Waals surface area contributed by atoms with Crippen molar-refractivity contribution in [3.8, 4) is 5.75 Å².